The summed E-state index contributed by atoms with van der Waals surface area (Å²) < 4.78 is 40.3. The van der Waals surface area contributed by atoms with Gasteiger partial charge in [0.05, 0.1) is 22.0 Å². The quantitative estimate of drug-likeness (QED) is 0.646. The van der Waals surface area contributed by atoms with Crippen LogP contribution in [0.2, 0.25) is 0 Å². The SMILES string of the molecule is Cc1nc2cc(C(F)(F)F)c(CNc3ccc(C(=O)O)cc3)cc2c(=O)[nH]1. The molecule has 0 fully saturated rings. The van der Waals surface area contributed by atoms with Crippen molar-refractivity contribution >= 4 is 22.6 Å². The lowest BCUT2D eigenvalue weighted by Gasteiger charge is -2.15. The number of nitrogens with zero attached hydrogens (tertiary/aromatic N) is 1. The van der Waals surface area contributed by atoms with E-state index < -0.39 is 23.3 Å². The van der Waals surface area contributed by atoms with Gasteiger partial charge in [0.1, 0.15) is 5.82 Å². The normalized spacial score (nSPS) is 11.6. The van der Waals surface area contributed by atoms with Crippen LogP contribution in [-0.4, -0.2) is 21.0 Å². The van der Waals surface area contributed by atoms with Crippen LogP contribution in [0.25, 0.3) is 10.9 Å². The topological polar surface area (TPSA) is 95.1 Å². The van der Waals surface area contributed by atoms with Gasteiger partial charge in [0.25, 0.3) is 5.56 Å². The number of aromatic nitrogens is 2. The first-order chi connectivity index (χ1) is 12.6. The number of carbonyl (C=O) groups is 1. The average molecular weight is 377 g/mol. The van der Waals surface area contributed by atoms with E-state index in [1.807, 2.05) is 0 Å². The summed E-state index contributed by atoms with van der Waals surface area (Å²) >= 11 is 0. The van der Waals surface area contributed by atoms with E-state index in [1.165, 1.54) is 37.3 Å². The number of alkyl halides is 3. The molecular weight excluding hydrogens is 363 g/mol. The van der Waals surface area contributed by atoms with Gasteiger partial charge in [-0.2, -0.15) is 13.2 Å². The Morgan fingerprint density at radius 2 is 1.89 bits per heavy atom. The largest absolute Gasteiger partial charge is 0.478 e. The van der Waals surface area contributed by atoms with Crippen molar-refractivity contribution in [3.05, 3.63) is 69.3 Å². The van der Waals surface area contributed by atoms with Crippen LogP contribution in [0.4, 0.5) is 18.9 Å². The van der Waals surface area contributed by atoms with Gasteiger partial charge in [0, 0.05) is 12.2 Å². The number of rotatable bonds is 4. The Bertz CT molecular complexity index is 1070. The average Bonchev–Trinajstić information content (AvgIpc) is 2.59. The van der Waals surface area contributed by atoms with Crippen LogP contribution in [0.5, 0.6) is 0 Å². The number of nitrogens with one attached hydrogen (secondary N) is 2. The summed E-state index contributed by atoms with van der Waals surface area (Å²) in [7, 11) is 0. The molecule has 1 aromatic heterocycles. The lowest BCUT2D eigenvalue weighted by Crippen LogP contribution is -2.16. The molecule has 27 heavy (non-hydrogen) atoms. The van der Waals surface area contributed by atoms with E-state index in [2.05, 4.69) is 15.3 Å². The van der Waals surface area contributed by atoms with Crippen LogP contribution in [0.15, 0.2) is 41.2 Å². The van der Waals surface area contributed by atoms with Gasteiger partial charge < -0.3 is 15.4 Å². The number of halogens is 3. The maximum absolute atomic E-state index is 13.4. The molecule has 9 heteroatoms. The van der Waals surface area contributed by atoms with Crippen molar-refractivity contribution in [2.24, 2.45) is 0 Å². The Hall–Kier alpha value is -3.36. The second-order valence-electron chi connectivity index (χ2n) is 5.91. The second kappa shape index (κ2) is 6.75. The van der Waals surface area contributed by atoms with Crippen molar-refractivity contribution in [1.82, 2.24) is 9.97 Å². The number of carboxylic acids is 1. The van der Waals surface area contributed by atoms with E-state index in [0.29, 0.717) is 5.69 Å². The van der Waals surface area contributed by atoms with E-state index in [4.69, 9.17) is 5.11 Å². The van der Waals surface area contributed by atoms with Gasteiger partial charge in [-0.3, -0.25) is 4.79 Å². The number of hydrogen-bond acceptors (Lipinski definition) is 4. The lowest BCUT2D eigenvalue weighted by molar-refractivity contribution is -0.138. The van der Waals surface area contributed by atoms with Gasteiger partial charge in [-0.15, -0.1) is 0 Å². The molecular formula is C18H14F3N3O3. The summed E-state index contributed by atoms with van der Waals surface area (Å²) in [5, 5.41) is 11.7. The lowest BCUT2D eigenvalue weighted by atomic mass is 10.0. The van der Waals surface area contributed by atoms with Gasteiger partial charge in [0.15, 0.2) is 0 Å². The van der Waals surface area contributed by atoms with E-state index in [9.17, 15) is 22.8 Å². The van der Waals surface area contributed by atoms with E-state index >= 15 is 0 Å². The number of aromatic carboxylic acids is 1. The third-order valence-corrected chi connectivity index (χ3v) is 3.97. The molecule has 6 nitrogen and oxygen atoms in total. The molecule has 0 saturated carbocycles. The molecule has 0 unspecified atom stereocenters. The summed E-state index contributed by atoms with van der Waals surface area (Å²) in [5.74, 6) is -0.873. The van der Waals surface area contributed by atoms with Crippen LogP contribution in [0.3, 0.4) is 0 Å². The van der Waals surface area contributed by atoms with Crippen molar-refractivity contribution in [1.29, 1.82) is 0 Å². The molecule has 0 atom stereocenters. The number of aryl methyl sites for hydroxylation is 1. The molecule has 0 saturated heterocycles. The van der Waals surface area contributed by atoms with Gasteiger partial charge in [-0.05, 0) is 48.9 Å². The number of anilines is 1. The van der Waals surface area contributed by atoms with Crippen molar-refractivity contribution in [3.8, 4) is 0 Å². The molecule has 0 bridgehead atoms. The molecule has 0 aliphatic carbocycles. The Morgan fingerprint density at radius 1 is 1.22 bits per heavy atom. The Kier molecular flexibility index (Phi) is 4.61. The van der Waals surface area contributed by atoms with Crippen molar-refractivity contribution in [2.75, 3.05) is 5.32 Å². The molecule has 3 rings (SSSR count). The Balaban J connectivity index is 1.99. The molecule has 0 spiro atoms. The van der Waals surface area contributed by atoms with Gasteiger partial charge in [0.2, 0.25) is 0 Å². The fourth-order valence-corrected chi connectivity index (χ4v) is 2.69. The summed E-state index contributed by atoms with van der Waals surface area (Å²) in [6.45, 7) is 1.29. The first-order valence-corrected chi connectivity index (χ1v) is 7.83. The van der Waals surface area contributed by atoms with Crippen molar-refractivity contribution < 1.29 is 23.1 Å². The van der Waals surface area contributed by atoms with Crippen LogP contribution in [-0.2, 0) is 12.7 Å². The first-order valence-electron chi connectivity index (χ1n) is 7.83. The predicted octanol–water partition coefficient (Wildman–Crippen LogP) is 3.56. The van der Waals surface area contributed by atoms with Crippen LogP contribution in [0, 0.1) is 6.92 Å². The minimum absolute atomic E-state index is 0.0295. The summed E-state index contributed by atoms with van der Waals surface area (Å²) in [6, 6.07) is 7.62. The van der Waals surface area contributed by atoms with Crippen molar-refractivity contribution in [2.45, 2.75) is 19.6 Å². The molecule has 0 aliphatic rings. The molecule has 0 amide bonds. The zero-order valence-electron chi connectivity index (χ0n) is 14.0. The van der Waals surface area contributed by atoms with Gasteiger partial charge >= 0.3 is 12.1 Å². The highest BCUT2D eigenvalue weighted by Gasteiger charge is 2.34. The maximum Gasteiger partial charge on any atom is 0.416 e. The van der Waals surface area contributed by atoms with Gasteiger partial charge in [-0.1, -0.05) is 0 Å². The molecule has 0 aliphatic heterocycles. The Labute approximate surface area is 150 Å². The number of H-pyrrole nitrogens is 1. The monoisotopic (exact) mass is 377 g/mol. The number of fused-ring (bicyclic) bond motifs is 1. The number of benzene rings is 2. The highest BCUT2D eigenvalue weighted by molar-refractivity contribution is 5.88. The Morgan fingerprint density at radius 3 is 2.48 bits per heavy atom. The fraction of sp³-hybridized carbons (Fsp3) is 0.167. The zero-order chi connectivity index (χ0) is 19.8. The van der Waals surface area contributed by atoms with E-state index in [-0.39, 0.29) is 34.4 Å². The minimum Gasteiger partial charge on any atom is -0.478 e. The predicted molar refractivity (Wildman–Crippen MR) is 92.8 cm³/mol. The van der Waals surface area contributed by atoms with E-state index in [1.54, 1.807) is 0 Å². The third-order valence-electron chi connectivity index (χ3n) is 3.97. The maximum atomic E-state index is 13.4. The zero-order valence-corrected chi connectivity index (χ0v) is 14.0. The van der Waals surface area contributed by atoms with Crippen LogP contribution < -0.4 is 10.9 Å². The van der Waals surface area contributed by atoms with E-state index in [0.717, 1.165) is 6.07 Å². The smallest absolute Gasteiger partial charge is 0.416 e. The summed E-state index contributed by atoms with van der Waals surface area (Å²) in [5.41, 5.74) is -1.04. The first kappa shape index (κ1) is 18.4. The highest BCUT2D eigenvalue weighted by Crippen LogP contribution is 2.34. The standard InChI is InChI=1S/C18H14F3N3O3/c1-9-23-15-7-14(18(19,20)21)11(6-13(15)16(25)24-9)8-22-12-4-2-10(3-5-12)17(26)27/h2-7,22H,8H2,1H3,(H,26,27)(H,23,24,25). The molecule has 3 N–H and O–H groups in total. The van der Waals surface area contributed by atoms with Crippen molar-refractivity contribution in [3.63, 3.8) is 0 Å². The van der Waals surface area contributed by atoms with Crippen LogP contribution in [0.1, 0.15) is 27.3 Å². The third kappa shape index (κ3) is 3.91. The highest BCUT2D eigenvalue weighted by atomic mass is 19.4. The minimum atomic E-state index is -4.61. The number of carboxylic acid groups (broad SMARTS) is 1. The van der Waals surface area contributed by atoms with Crippen LogP contribution >= 0.6 is 0 Å². The fourth-order valence-electron chi connectivity index (χ4n) is 2.69. The number of hydrogen-bond donors (Lipinski definition) is 3. The number of aromatic amines is 1. The molecule has 1 heterocycles. The van der Waals surface area contributed by atoms with Gasteiger partial charge in [-0.25, -0.2) is 9.78 Å². The summed E-state index contributed by atoms with van der Waals surface area (Å²) in [6.07, 6.45) is -4.61. The summed E-state index contributed by atoms with van der Waals surface area (Å²) in [4.78, 5) is 29.3. The molecule has 3 aromatic rings. The molecule has 0 radical (unpaired) electrons. The molecule has 2 aromatic carbocycles. The second-order valence-corrected chi connectivity index (χ2v) is 5.91. The molecule has 140 valence electrons.